The van der Waals surface area contributed by atoms with Gasteiger partial charge in [-0.2, -0.15) is 4.31 Å². The third-order valence-electron chi connectivity index (χ3n) is 3.31. The first-order chi connectivity index (χ1) is 9.08. The lowest BCUT2D eigenvalue weighted by Crippen LogP contribution is -2.45. The van der Waals surface area contributed by atoms with Crippen molar-refractivity contribution in [3.8, 4) is 0 Å². The fourth-order valence-corrected chi connectivity index (χ4v) is 3.83. The van der Waals surface area contributed by atoms with E-state index < -0.39 is 10.0 Å². The second kappa shape index (κ2) is 6.50. The first-order valence-corrected chi connectivity index (χ1v) is 8.32. The molecule has 1 heterocycles. The van der Waals surface area contributed by atoms with Crippen molar-refractivity contribution < 1.29 is 13.2 Å². The second-order valence-electron chi connectivity index (χ2n) is 4.94. The zero-order valence-electron chi connectivity index (χ0n) is 11.3. The van der Waals surface area contributed by atoms with Crippen LogP contribution in [0.25, 0.3) is 0 Å². The van der Waals surface area contributed by atoms with Crippen LogP contribution in [-0.4, -0.2) is 44.3 Å². The molecule has 4 nitrogen and oxygen atoms in total. The molecule has 1 aliphatic heterocycles. The molecule has 0 saturated carbocycles. The minimum Gasteiger partial charge on any atom is -0.376 e. The van der Waals surface area contributed by atoms with E-state index in [0.29, 0.717) is 26.1 Å². The van der Waals surface area contributed by atoms with Gasteiger partial charge in [-0.3, -0.25) is 0 Å². The summed E-state index contributed by atoms with van der Waals surface area (Å²) in [4.78, 5) is 0. The second-order valence-corrected chi connectivity index (χ2v) is 7.03. The van der Waals surface area contributed by atoms with Crippen LogP contribution in [0, 0.1) is 0 Å². The lowest BCUT2D eigenvalue weighted by atomic mass is 10.1. The number of morpholine rings is 1. The summed E-state index contributed by atoms with van der Waals surface area (Å²) < 4.78 is 31.3. The van der Waals surface area contributed by atoms with E-state index in [-0.39, 0.29) is 11.9 Å². The van der Waals surface area contributed by atoms with Crippen LogP contribution in [0.2, 0.25) is 0 Å². The Morgan fingerprint density at radius 2 is 2.05 bits per heavy atom. The predicted molar refractivity (Wildman–Crippen MR) is 75.5 cm³/mol. The van der Waals surface area contributed by atoms with Crippen molar-refractivity contribution in [3.63, 3.8) is 0 Å². The molecule has 0 radical (unpaired) electrons. The number of ether oxygens (including phenoxy) is 1. The minimum absolute atomic E-state index is 0.00218. The summed E-state index contributed by atoms with van der Waals surface area (Å²) in [7, 11) is -3.13. The molecule has 106 valence electrons. The van der Waals surface area contributed by atoms with Crippen LogP contribution in [0.4, 0.5) is 0 Å². The number of hydrogen-bond donors (Lipinski definition) is 0. The number of benzene rings is 1. The Morgan fingerprint density at radius 1 is 1.32 bits per heavy atom. The van der Waals surface area contributed by atoms with E-state index in [9.17, 15) is 8.42 Å². The molecule has 1 aromatic carbocycles. The number of sulfonamides is 1. The number of hydrogen-bond acceptors (Lipinski definition) is 3. The zero-order chi connectivity index (χ0) is 13.7. The first kappa shape index (κ1) is 14.5. The van der Waals surface area contributed by atoms with Crippen LogP contribution >= 0.6 is 0 Å². The van der Waals surface area contributed by atoms with E-state index in [2.05, 4.69) is 0 Å². The van der Waals surface area contributed by atoms with Crippen molar-refractivity contribution in [2.45, 2.75) is 25.9 Å². The molecule has 2 rings (SSSR count). The highest BCUT2D eigenvalue weighted by molar-refractivity contribution is 7.89. The van der Waals surface area contributed by atoms with Gasteiger partial charge < -0.3 is 4.74 Å². The van der Waals surface area contributed by atoms with Crippen LogP contribution < -0.4 is 0 Å². The molecular weight excluding hydrogens is 262 g/mol. The van der Waals surface area contributed by atoms with E-state index in [0.717, 1.165) is 6.42 Å². The average Bonchev–Trinajstić information content (AvgIpc) is 2.40. The maximum absolute atomic E-state index is 12.2. The van der Waals surface area contributed by atoms with Crippen LogP contribution in [0.15, 0.2) is 30.3 Å². The summed E-state index contributed by atoms with van der Waals surface area (Å²) in [5.41, 5.74) is 1.19. The molecular formula is C14H21NO3S. The number of rotatable bonds is 5. The van der Waals surface area contributed by atoms with Gasteiger partial charge in [0, 0.05) is 13.1 Å². The number of nitrogens with zero attached hydrogens (tertiary/aromatic N) is 1. The molecule has 1 aliphatic rings. The van der Waals surface area contributed by atoms with E-state index in [1.165, 1.54) is 5.56 Å². The molecule has 0 spiro atoms. The van der Waals surface area contributed by atoms with Crippen LogP contribution in [0.5, 0.6) is 0 Å². The molecule has 19 heavy (non-hydrogen) atoms. The Labute approximate surface area is 115 Å². The molecule has 0 amide bonds. The smallest absolute Gasteiger partial charge is 0.214 e. The molecule has 0 aromatic heterocycles. The Bertz CT molecular complexity index is 487. The standard InChI is InChI=1S/C14H21NO3S/c1-13-12-15(9-10-18-13)19(16,17)11-5-8-14-6-3-2-4-7-14/h2-4,6-7,13H,5,8-12H2,1H3/t13-/m0/s1. The lowest BCUT2D eigenvalue weighted by molar-refractivity contribution is 0.0102. The molecule has 0 bridgehead atoms. The molecule has 0 unspecified atom stereocenters. The molecule has 1 saturated heterocycles. The van der Waals surface area contributed by atoms with Crippen molar-refractivity contribution in [2.75, 3.05) is 25.4 Å². The van der Waals surface area contributed by atoms with Gasteiger partial charge >= 0.3 is 0 Å². The third kappa shape index (κ3) is 4.30. The van der Waals surface area contributed by atoms with Gasteiger partial charge in [-0.1, -0.05) is 30.3 Å². The van der Waals surface area contributed by atoms with E-state index in [1.807, 2.05) is 37.3 Å². The van der Waals surface area contributed by atoms with Crippen molar-refractivity contribution in [1.29, 1.82) is 0 Å². The normalized spacial score (nSPS) is 21.4. The summed E-state index contributed by atoms with van der Waals surface area (Å²) in [6, 6.07) is 9.99. The molecule has 1 aromatic rings. The van der Waals surface area contributed by atoms with Crippen molar-refractivity contribution in [2.24, 2.45) is 0 Å². The molecule has 1 fully saturated rings. The van der Waals surface area contributed by atoms with Crippen molar-refractivity contribution in [1.82, 2.24) is 4.31 Å². The molecule has 5 heteroatoms. The first-order valence-electron chi connectivity index (χ1n) is 6.71. The fraction of sp³-hybridized carbons (Fsp3) is 0.571. The van der Waals surface area contributed by atoms with Gasteiger partial charge in [-0.25, -0.2) is 8.42 Å². The van der Waals surface area contributed by atoms with Crippen molar-refractivity contribution in [3.05, 3.63) is 35.9 Å². The van der Waals surface area contributed by atoms with Gasteiger partial charge in [0.2, 0.25) is 10.0 Å². The van der Waals surface area contributed by atoms with Crippen LogP contribution in [-0.2, 0) is 21.2 Å². The summed E-state index contributed by atoms with van der Waals surface area (Å²) in [6.45, 7) is 3.37. The van der Waals surface area contributed by atoms with E-state index >= 15 is 0 Å². The highest BCUT2D eigenvalue weighted by atomic mass is 32.2. The zero-order valence-corrected chi connectivity index (χ0v) is 12.1. The molecule has 0 aliphatic carbocycles. The Kier molecular flexibility index (Phi) is 4.96. The van der Waals surface area contributed by atoms with Crippen LogP contribution in [0.3, 0.4) is 0 Å². The van der Waals surface area contributed by atoms with Gasteiger partial charge in [-0.05, 0) is 25.3 Å². The summed E-state index contributed by atoms with van der Waals surface area (Å²) in [5.74, 6) is 0.217. The van der Waals surface area contributed by atoms with Gasteiger partial charge in [-0.15, -0.1) is 0 Å². The topological polar surface area (TPSA) is 46.6 Å². The molecule has 0 N–H and O–H groups in total. The van der Waals surface area contributed by atoms with Gasteiger partial charge in [0.25, 0.3) is 0 Å². The van der Waals surface area contributed by atoms with E-state index in [4.69, 9.17) is 4.74 Å². The maximum atomic E-state index is 12.2. The summed E-state index contributed by atoms with van der Waals surface area (Å²) >= 11 is 0. The van der Waals surface area contributed by atoms with Gasteiger partial charge in [0.15, 0.2) is 0 Å². The van der Waals surface area contributed by atoms with E-state index in [1.54, 1.807) is 4.31 Å². The summed E-state index contributed by atoms with van der Waals surface area (Å²) in [5, 5.41) is 0. The summed E-state index contributed by atoms with van der Waals surface area (Å²) in [6.07, 6.45) is 1.47. The Morgan fingerprint density at radius 3 is 2.74 bits per heavy atom. The van der Waals surface area contributed by atoms with Crippen LogP contribution in [0.1, 0.15) is 18.9 Å². The fourth-order valence-electron chi connectivity index (χ4n) is 2.27. The highest BCUT2D eigenvalue weighted by Crippen LogP contribution is 2.12. The highest BCUT2D eigenvalue weighted by Gasteiger charge is 2.26. The van der Waals surface area contributed by atoms with Gasteiger partial charge in [0.1, 0.15) is 0 Å². The Balaban J connectivity index is 1.84. The van der Waals surface area contributed by atoms with Gasteiger partial charge in [0.05, 0.1) is 18.5 Å². The third-order valence-corrected chi connectivity index (χ3v) is 5.23. The number of aryl methyl sites for hydroxylation is 1. The quantitative estimate of drug-likeness (QED) is 0.826. The monoisotopic (exact) mass is 283 g/mol. The average molecular weight is 283 g/mol. The Hall–Kier alpha value is -0.910. The SMILES string of the molecule is C[C@H]1CN(S(=O)(=O)CCCc2ccccc2)CCO1. The largest absolute Gasteiger partial charge is 0.376 e. The molecule has 1 atom stereocenters. The minimum atomic E-state index is -3.13. The maximum Gasteiger partial charge on any atom is 0.214 e. The predicted octanol–water partition coefficient (Wildman–Crippen LogP) is 1.67. The van der Waals surface area contributed by atoms with Crippen molar-refractivity contribution >= 4 is 10.0 Å². The lowest BCUT2D eigenvalue weighted by Gasteiger charge is -2.30.